The standard InChI is InChI=1S/C44H47FN10O6/c1-3-26-20-33(38(58)23-37(26)57)42-50-51-44(61)55(42)29-10-9-28(34(45)21-29)24-47-39(59)11-13-46-43-48-35-25-54(36-22-30(56)19-27-7-5-6-8-31(27)36)14-12-32(35)41(49-43)53-17-15-52(16-18-53)40(60)4-2/h5-10,19-23,56-58H,3-4,11-18,24-25H2,1-2H3,(H,47,59)(H,51,61)(H,46,48,49). The van der Waals surface area contributed by atoms with Crippen molar-refractivity contribution in [1.82, 2.24) is 34.9 Å². The summed E-state index contributed by atoms with van der Waals surface area (Å²) in [5.74, 6) is 0.152. The molecule has 6 N–H and O–H groups in total. The first-order valence-corrected chi connectivity index (χ1v) is 20.4. The smallest absolute Gasteiger partial charge is 0.319 e. The summed E-state index contributed by atoms with van der Waals surface area (Å²) in [6.07, 6.45) is 1.64. The van der Waals surface area contributed by atoms with Gasteiger partial charge in [0.05, 0.1) is 23.5 Å². The Hall–Kier alpha value is -7.17. The number of nitrogens with one attached hydrogen (secondary N) is 2. The van der Waals surface area contributed by atoms with Crippen molar-refractivity contribution in [3.63, 3.8) is 0 Å². The lowest BCUT2D eigenvalue weighted by Crippen LogP contribution is -2.49. The second-order valence-corrected chi connectivity index (χ2v) is 15.1. The van der Waals surface area contributed by atoms with E-state index >= 15 is 4.39 Å². The van der Waals surface area contributed by atoms with E-state index in [9.17, 15) is 30.0 Å². The maximum absolute atomic E-state index is 15.5. The minimum atomic E-state index is -0.651. The van der Waals surface area contributed by atoms with Crippen molar-refractivity contribution >= 4 is 40.0 Å². The van der Waals surface area contributed by atoms with Gasteiger partial charge in [0.25, 0.3) is 0 Å². The molecule has 6 aromatic rings. The fourth-order valence-electron chi connectivity index (χ4n) is 8.05. The van der Waals surface area contributed by atoms with Crippen molar-refractivity contribution in [2.45, 2.75) is 52.6 Å². The Morgan fingerprint density at radius 3 is 2.41 bits per heavy atom. The number of aromatic nitrogens is 5. The zero-order chi connectivity index (χ0) is 42.8. The molecule has 1 fully saturated rings. The molecule has 0 atom stereocenters. The van der Waals surface area contributed by atoms with E-state index in [1.165, 1.54) is 34.9 Å². The molecule has 8 rings (SSSR count). The van der Waals surface area contributed by atoms with E-state index in [2.05, 4.69) is 30.6 Å². The summed E-state index contributed by atoms with van der Waals surface area (Å²) in [6.45, 7) is 7.39. The SMILES string of the molecule is CCC(=O)N1CCN(c2nc(NCCC(=O)NCc3ccc(-n4c(O)nnc4-c4cc(CC)c(O)cc4O)cc3F)nc3c2CCN(c2cc(O)cc4ccccc24)C3)CC1. The quantitative estimate of drug-likeness (QED) is 0.0947. The molecule has 4 aromatic carbocycles. The minimum Gasteiger partial charge on any atom is -0.508 e. The van der Waals surface area contributed by atoms with Crippen molar-refractivity contribution in [2.24, 2.45) is 0 Å². The second-order valence-electron chi connectivity index (χ2n) is 15.1. The van der Waals surface area contributed by atoms with Crippen LogP contribution < -0.4 is 20.4 Å². The molecule has 2 aliphatic rings. The number of amides is 2. The van der Waals surface area contributed by atoms with E-state index in [1.807, 2.05) is 43.0 Å². The van der Waals surface area contributed by atoms with Crippen molar-refractivity contribution < 1.29 is 34.4 Å². The molecule has 0 radical (unpaired) electrons. The van der Waals surface area contributed by atoms with Crippen LogP contribution in [0, 0.1) is 5.82 Å². The maximum atomic E-state index is 15.5. The Balaban J connectivity index is 0.949. The third-order valence-electron chi connectivity index (χ3n) is 11.3. The Morgan fingerprint density at radius 1 is 0.836 bits per heavy atom. The number of carbonyl (C=O) groups excluding carboxylic acids is 2. The third kappa shape index (κ3) is 8.35. The van der Waals surface area contributed by atoms with Gasteiger partial charge in [-0.3, -0.25) is 9.59 Å². The summed E-state index contributed by atoms with van der Waals surface area (Å²) in [5.41, 5.74) is 3.89. The lowest BCUT2D eigenvalue weighted by atomic mass is 10.0. The highest BCUT2D eigenvalue weighted by Gasteiger charge is 2.29. The largest absolute Gasteiger partial charge is 0.508 e. The van der Waals surface area contributed by atoms with Crippen LogP contribution in [0.25, 0.3) is 27.8 Å². The van der Waals surface area contributed by atoms with Gasteiger partial charge in [0.2, 0.25) is 17.8 Å². The molecular formula is C44H47FN10O6. The zero-order valence-corrected chi connectivity index (χ0v) is 33.9. The molecule has 2 aromatic heterocycles. The number of carbonyl (C=O) groups is 2. The third-order valence-corrected chi connectivity index (χ3v) is 11.3. The average Bonchev–Trinajstić information content (AvgIpc) is 3.65. The zero-order valence-electron chi connectivity index (χ0n) is 33.9. The lowest BCUT2D eigenvalue weighted by molar-refractivity contribution is -0.131. The van der Waals surface area contributed by atoms with Gasteiger partial charge in [-0.2, -0.15) is 4.98 Å². The van der Waals surface area contributed by atoms with E-state index in [0.29, 0.717) is 70.0 Å². The Morgan fingerprint density at radius 2 is 1.64 bits per heavy atom. The number of phenolic OH excluding ortho intramolecular Hbond substituents is 3. The van der Waals surface area contributed by atoms with Crippen molar-refractivity contribution in [1.29, 1.82) is 0 Å². The van der Waals surface area contributed by atoms with Gasteiger partial charge in [0.1, 0.15) is 28.9 Å². The fourth-order valence-corrected chi connectivity index (χ4v) is 8.05. The predicted octanol–water partition coefficient (Wildman–Crippen LogP) is 5.14. The molecule has 0 bridgehead atoms. The minimum absolute atomic E-state index is 0.0427. The van der Waals surface area contributed by atoms with E-state index < -0.39 is 11.8 Å². The Labute approximate surface area is 350 Å². The van der Waals surface area contributed by atoms with Crippen LogP contribution in [0.5, 0.6) is 23.3 Å². The Kier molecular flexibility index (Phi) is 11.4. The number of benzene rings is 4. The highest BCUT2D eigenvalue weighted by Crippen LogP contribution is 2.38. The number of rotatable bonds is 12. The second kappa shape index (κ2) is 17.2. The highest BCUT2D eigenvalue weighted by atomic mass is 19.1. The van der Waals surface area contributed by atoms with Gasteiger partial charge < -0.3 is 45.8 Å². The van der Waals surface area contributed by atoms with Crippen LogP contribution in [-0.2, 0) is 35.5 Å². The highest BCUT2D eigenvalue weighted by molar-refractivity contribution is 5.95. The summed E-state index contributed by atoms with van der Waals surface area (Å²) in [5, 5.41) is 57.5. The number of phenols is 3. The van der Waals surface area contributed by atoms with E-state index in [4.69, 9.17) is 9.97 Å². The molecule has 16 nitrogen and oxygen atoms in total. The molecule has 2 amide bonds. The first-order valence-electron chi connectivity index (χ1n) is 20.4. The molecule has 2 aliphatic heterocycles. The molecule has 61 heavy (non-hydrogen) atoms. The molecule has 0 unspecified atom stereocenters. The fraction of sp³-hybridized carbons (Fsp3) is 0.318. The topological polar surface area (TPSA) is 205 Å². The van der Waals surface area contributed by atoms with E-state index in [-0.39, 0.29) is 71.2 Å². The summed E-state index contributed by atoms with van der Waals surface area (Å²) in [4.78, 5) is 41.6. The van der Waals surface area contributed by atoms with Gasteiger partial charge in [0, 0.05) is 93.0 Å². The molecule has 1 saturated heterocycles. The van der Waals surface area contributed by atoms with Gasteiger partial charge in [0.15, 0.2) is 5.82 Å². The number of nitrogens with zero attached hydrogens (tertiary/aromatic N) is 8. The molecule has 4 heterocycles. The summed E-state index contributed by atoms with van der Waals surface area (Å²) < 4.78 is 16.7. The lowest BCUT2D eigenvalue weighted by Gasteiger charge is -2.38. The number of piperazine rings is 1. The summed E-state index contributed by atoms with van der Waals surface area (Å²) in [6, 6.07) is 17.8. The maximum Gasteiger partial charge on any atom is 0.319 e. The molecule has 0 aliphatic carbocycles. The van der Waals surface area contributed by atoms with Crippen LogP contribution in [-0.4, -0.2) is 101 Å². The number of fused-ring (bicyclic) bond motifs is 2. The van der Waals surface area contributed by atoms with Gasteiger partial charge >= 0.3 is 6.01 Å². The normalized spacial score (nSPS) is 14.0. The van der Waals surface area contributed by atoms with Crippen molar-refractivity contribution in [2.75, 3.05) is 54.4 Å². The molecule has 0 saturated carbocycles. The van der Waals surface area contributed by atoms with Crippen molar-refractivity contribution in [3.05, 3.63) is 94.9 Å². The van der Waals surface area contributed by atoms with Gasteiger partial charge in [-0.25, -0.2) is 13.9 Å². The number of aryl methyl sites for hydroxylation is 1. The number of aromatic hydroxyl groups is 4. The molecular weight excluding hydrogens is 784 g/mol. The number of hydrogen-bond acceptors (Lipinski definition) is 13. The number of anilines is 3. The van der Waals surface area contributed by atoms with Gasteiger partial charge in [-0.05, 0) is 48.1 Å². The molecule has 316 valence electrons. The average molecular weight is 831 g/mol. The van der Waals surface area contributed by atoms with E-state index in [0.717, 1.165) is 33.5 Å². The van der Waals surface area contributed by atoms with Crippen LogP contribution in [0.1, 0.15) is 49.1 Å². The first kappa shape index (κ1) is 40.6. The summed E-state index contributed by atoms with van der Waals surface area (Å²) >= 11 is 0. The van der Waals surface area contributed by atoms with Crippen LogP contribution in [0.4, 0.5) is 21.8 Å². The van der Waals surface area contributed by atoms with Crippen LogP contribution in [0.3, 0.4) is 0 Å². The van der Waals surface area contributed by atoms with Crippen LogP contribution >= 0.6 is 0 Å². The van der Waals surface area contributed by atoms with Crippen LogP contribution in [0.2, 0.25) is 0 Å². The molecule has 17 heteroatoms. The molecule has 0 spiro atoms. The van der Waals surface area contributed by atoms with E-state index in [1.54, 1.807) is 12.1 Å². The van der Waals surface area contributed by atoms with Crippen molar-refractivity contribution in [3.8, 4) is 40.3 Å². The Bertz CT molecular complexity index is 2630. The number of halogens is 1. The predicted molar refractivity (Wildman–Crippen MR) is 228 cm³/mol. The number of hydrogen-bond donors (Lipinski definition) is 6. The first-order chi connectivity index (χ1) is 29.5. The van der Waals surface area contributed by atoms with Crippen LogP contribution in [0.15, 0.2) is 66.7 Å². The summed E-state index contributed by atoms with van der Waals surface area (Å²) in [7, 11) is 0. The van der Waals surface area contributed by atoms with Gasteiger partial charge in [-0.15, -0.1) is 5.10 Å². The van der Waals surface area contributed by atoms with Gasteiger partial charge in [-0.1, -0.05) is 49.3 Å². The monoisotopic (exact) mass is 830 g/mol.